The van der Waals surface area contributed by atoms with Crippen molar-refractivity contribution < 1.29 is 9.18 Å². The van der Waals surface area contributed by atoms with Crippen LogP contribution < -0.4 is 4.90 Å². The van der Waals surface area contributed by atoms with Gasteiger partial charge in [0.2, 0.25) is 0 Å². The molecule has 2 saturated heterocycles. The number of ketones is 1. The Balaban J connectivity index is 1.30. The predicted molar refractivity (Wildman–Crippen MR) is 113 cm³/mol. The third kappa shape index (κ3) is 4.62. The molecule has 28 heavy (non-hydrogen) atoms. The smallest absolute Gasteiger partial charge is 0.169 e. The number of anilines is 1. The maximum atomic E-state index is 13.1. The molecule has 2 aliphatic heterocycles. The largest absolute Gasteiger partial charge is 0.369 e. The van der Waals surface area contributed by atoms with Crippen LogP contribution in [0.15, 0.2) is 35.7 Å². The van der Waals surface area contributed by atoms with Gasteiger partial charge in [-0.15, -0.1) is 11.3 Å². The first-order valence-electron chi connectivity index (χ1n) is 10.1. The van der Waals surface area contributed by atoms with Crippen molar-refractivity contribution in [2.45, 2.75) is 32.4 Å². The van der Waals surface area contributed by atoms with Crippen molar-refractivity contribution in [3.63, 3.8) is 0 Å². The summed E-state index contributed by atoms with van der Waals surface area (Å²) in [6.45, 7) is 8.92. The van der Waals surface area contributed by atoms with E-state index < -0.39 is 0 Å². The van der Waals surface area contributed by atoms with Gasteiger partial charge in [0.25, 0.3) is 0 Å². The molecular weight excluding hydrogens is 373 g/mol. The molecule has 150 valence electrons. The van der Waals surface area contributed by atoms with Crippen molar-refractivity contribution in [1.29, 1.82) is 0 Å². The Hall–Kier alpha value is -1.76. The number of likely N-dealkylation sites (tertiary alicyclic amines) is 1. The van der Waals surface area contributed by atoms with Gasteiger partial charge >= 0.3 is 0 Å². The standard InChI is InChI=1S/C22H28FN3OS/c1-17(27)22-13-18(16-28-22)14-24-8-2-3-21(15-24)26-11-9-25(10-12-26)20-6-4-19(23)5-7-20/h4-7,13,16,21H,2-3,8-12,14-15H2,1H3/t21-/m1/s1. The minimum atomic E-state index is -0.175. The number of carbonyl (C=O) groups is 1. The highest BCUT2D eigenvalue weighted by molar-refractivity contribution is 7.12. The summed E-state index contributed by atoms with van der Waals surface area (Å²) in [6.07, 6.45) is 2.49. The zero-order valence-corrected chi connectivity index (χ0v) is 17.3. The lowest BCUT2D eigenvalue weighted by molar-refractivity contribution is 0.0888. The minimum Gasteiger partial charge on any atom is -0.369 e. The molecule has 0 saturated carbocycles. The fraction of sp³-hybridized carbons (Fsp3) is 0.500. The van der Waals surface area contributed by atoms with Crippen LogP contribution in [0.5, 0.6) is 0 Å². The summed E-state index contributed by atoms with van der Waals surface area (Å²) in [6, 6.07) is 9.51. The number of halogens is 1. The highest BCUT2D eigenvalue weighted by Gasteiger charge is 2.28. The summed E-state index contributed by atoms with van der Waals surface area (Å²) in [7, 11) is 0. The van der Waals surface area contributed by atoms with Gasteiger partial charge in [0, 0.05) is 51.0 Å². The van der Waals surface area contributed by atoms with Gasteiger partial charge in [-0.1, -0.05) is 0 Å². The van der Waals surface area contributed by atoms with E-state index in [4.69, 9.17) is 0 Å². The number of Topliss-reactive ketones (excluding diaryl/α,β-unsaturated/α-hetero) is 1. The number of carbonyl (C=O) groups excluding carboxylic acids is 1. The lowest BCUT2D eigenvalue weighted by Crippen LogP contribution is -2.55. The average Bonchev–Trinajstić information content (AvgIpc) is 3.18. The fourth-order valence-electron chi connectivity index (χ4n) is 4.37. The summed E-state index contributed by atoms with van der Waals surface area (Å²) >= 11 is 1.56. The number of hydrogen-bond donors (Lipinski definition) is 0. The normalized spacial score (nSPS) is 21.8. The number of nitrogens with zero attached hydrogens (tertiary/aromatic N) is 3. The van der Waals surface area contributed by atoms with Crippen LogP contribution in [-0.2, 0) is 6.54 Å². The van der Waals surface area contributed by atoms with E-state index in [-0.39, 0.29) is 11.6 Å². The second-order valence-corrected chi connectivity index (χ2v) is 8.82. The Bertz CT molecular complexity index is 798. The van der Waals surface area contributed by atoms with E-state index in [1.54, 1.807) is 30.4 Å². The molecule has 0 bridgehead atoms. The minimum absolute atomic E-state index is 0.159. The molecule has 2 aliphatic rings. The Labute approximate surface area is 170 Å². The Morgan fingerprint density at radius 1 is 1.14 bits per heavy atom. The van der Waals surface area contributed by atoms with Crippen molar-refractivity contribution >= 4 is 22.8 Å². The molecule has 2 aromatic rings. The Morgan fingerprint density at radius 3 is 2.57 bits per heavy atom. The number of benzene rings is 1. The van der Waals surface area contributed by atoms with Gasteiger partial charge in [-0.3, -0.25) is 14.6 Å². The van der Waals surface area contributed by atoms with E-state index in [0.29, 0.717) is 6.04 Å². The molecule has 0 aliphatic carbocycles. The van der Waals surface area contributed by atoms with E-state index in [9.17, 15) is 9.18 Å². The highest BCUT2D eigenvalue weighted by atomic mass is 32.1. The number of rotatable bonds is 5. The monoisotopic (exact) mass is 401 g/mol. The van der Waals surface area contributed by atoms with Crippen LogP contribution in [0.1, 0.15) is 35.0 Å². The van der Waals surface area contributed by atoms with Crippen LogP contribution in [0.25, 0.3) is 0 Å². The fourth-order valence-corrected chi connectivity index (χ4v) is 5.18. The quantitative estimate of drug-likeness (QED) is 0.711. The third-order valence-electron chi connectivity index (χ3n) is 5.91. The lowest BCUT2D eigenvalue weighted by Gasteiger charge is -2.44. The summed E-state index contributed by atoms with van der Waals surface area (Å²) < 4.78 is 13.1. The zero-order valence-electron chi connectivity index (χ0n) is 16.4. The molecule has 3 heterocycles. The molecule has 2 fully saturated rings. The lowest BCUT2D eigenvalue weighted by atomic mass is 10.0. The molecule has 0 radical (unpaired) electrons. The SMILES string of the molecule is CC(=O)c1cc(CN2CCC[C@@H](N3CCN(c4ccc(F)cc4)CC3)C2)cs1. The van der Waals surface area contributed by atoms with E-state index in [2.05, 4.69) is 26.1 Å². The third-order valence-corrected chi connectivity index (χ3v) is 6.99. The van der Waals surface area contributed by atoms with Crippen LogP contribution in [0.3, 0.4) is 0 Å². The molecule has 1 aromatic carbocycles. The maximum absolute atomic E-state index is 13.1. The highest BCUT2D eigenvalue weighted by Crippen LogP contribution is 2.23. The van der Waals surface area contributed by atoms with Crippen LogP contribution in [0, 0.1) is 5.82 Å². The molecule has 0 amide bonds. The first-order valence-corrected chi connectivity index (χ1v) is 11.0. The van der Waals surface area contributed by atoms with E-state index in [1.807, 2.05) is 12.1 Å². The molecule has 0 spiro atoms. The van der Waals surface area contributed by atoms with Gasteiger partial charge in [0.05, 0.1) is 4.88 Å². The van der Waals surface area contributed by atoms with Gasteiger partial charge in [0.1, 0.15) is 5.82 Å². The number of hydrogen-bond acceptors (Lipinski definition) is 5. The summed E-state index contributed by atoms with van der Waals surface area (Å²) in [5.41, 5.74) is 2.38. The van der Waals surface area contributed by atoms with Gasteiger partial charge < -0.3 is 4.90 Å². The van der Waals surface area contributed by atoms with Gasteiger partial charge in [-0.2, -0.15) is 0 Å². The van der Waals surface area contributed by atoms with Crippen LogP contribution in [0.4, 0.5) is 10.1 Å². The second kappa shape index (κ2) is 8.72. The van der Waals surface area contributed by atoms with Crippen molar-refractivity contribution in [3.8, 4) is 0 Å². The molecule has 4 nitrogen and oxygen atoms in total. The number of piperidine rings is 1. The van der Waals surface area contributed by atoms with E-state index in [0.717, 1.165) is 56.4 Å². The van der Waals surface area contributed by atoms with Crippen LogP contribution >= 0.6 is 11.3 Å². The molecule has 1 aromatic heterocycles. The number of thiophene rings is 1. The molecule has 4 rings (SSSR count). The second-order valence-electron chi connectivity index (χ2n) is 7.91. The molecule has 0 N–H and O–H groups in total. The maximum Gasteiger partial charge on any atom is 0.169 e. The van der Waals surface area contributed by atoms with E-state index >= 15 is 0 Å². The molecule has 6 heteroatoms. The van der Waals surface area contributed by atoms with Crippen LogP contribution in [0.2, 0.25) is 0 Å². The van der Waals surface area contributed by atoms with Crippen molar-refractivity contribution in [2.24, 2.45) is 0 Å². The van der Waals surface area contributed by atoms with Crippen LogP contribution in [-0.4, -0.2) is 60.9 Å². The first kappa shape index (κ1) is 19.6. The van der Waals surface area contributed by atoms with Gasteiger partial charge in [-0.25, -0.2) is 4.39 Å². The molecular formula is C22H28FN3OS. The predicted octanol–water partition coefficient (Wildman–Crippen LogP) is 3.88. The van der Waals surface area contributed by atoms with Gasteiger partial charge in [-0.05, 0) is 67.6 Å². The average molecular weight is 402 g/mol. The van der Waals surface area contributed by atoms with Crippen molar-refractivity contribution in [3.05, 3.63) is 52.0 Å². The summed E-state index contributed by atoms with van der Waals surface area (Å²) in [5, 5.41) is 2.13. The molecule has 1 atom stereocenters. The van der Waals surface area contributed by atoms with Crippen molar-refractivity contribution in [1.82, 2.24) is 9.80 Å². The van der Waals surface area contributed by atoms with Crippen molar-refractivity contribution in [2.75, 3.05) is 44.2 Å². The Morgan fingerprint density at radius 2 is 1.89 bits per heavy atom. The zero-order chi connectivity index (χ0) is 19.5. The van der Waals surface area contributed by atoms with Gasteiger partial charge in [0.15, 0.2) is 5.78 Å². The first-order chi connectivity index (χ1) is 13.6. The molecule has 0 unspecified atom stereocenters. The topological polar surface area (TPSA) is 26.8 Å². The summed E-state index contributed by atoms with van der Waals surface area (Å²) in [4.78, 5) is 19.9. The summed E-state index contributed by atoms with van der Waals surface area (Å²) in [5.74, 6) is -0.0162. The van der Waals surface area contributed by atoms with E-state index in [1.165, 1.54) is 18.4 Å². The Kier molecular flexibility index (Phi) is 6.09. The number of piperazine rings is 1.